The van der Waals surface area contributed by atoms with Crippen molar-refractivity contribution in [3.63, 3.8) is 0 Å². The lowest BCUT2D eigenvalue weighted by atomic mass is 10.1. The molecule has 0 radical (unpaired) electrons. The number of rotatable bonds is 5. The second kappa shape index (κ2) is 8.57. The number of carbonyl (C=O) groups is 1. The maximum Gasteiger partial charge on any atom is 0.341 e. The molecular formula is C23H24FN3O2. The van der Waals surface area contributed by atoms with Gasteiger partial charge in [-0.3, -0.25) is 9.88 Å². The molecule has 0 atom stereocenters. The Labute approximate surface area is 169 Å². The summed E-state index contributed by atoms with van der Waals surface area (Å²) in [6.45, 7) is 6.15. The zero-order chi connectivity index (χ0) is 20.2. The molecule has 0 aliphatic carbocycles. The molecule has 1 saturated heterocycles. The van der Waals surface area contributed by atoms with E-state index < -0.39 is 5.97 Å². The van der Waals surface area contributed by atoms with Crippen LogP contribution in [0.2, 0.25) is 0 Å². The number of piperazine rings is 1. The van der Waals surface area contributed by atoms with E-state index in [1.807, 2.05) is 12.1 Å². The van der Waals surface area contributed by atoms with Crippen LogP contribution in [0.4, 0.5) is 10.1 Å². The van der Waals surface area contributed by atoms with E-state index in [1.165, 1.54) is 17.8 Å². The highest BCUT2D eigenvalue weighted by Gasteiger charge is 2.25. The van der Waals surface area contributed by atoms with Gasteiger partial charge in [0.15, 0.2) is 0 Å². The lowest BCUT2D eigenvalue weighted by Crippen LogP contribution is -2.46. The maximum atomic E-state index is 14.3. The summed E-state index contributed by atoms with van der Waals surface area (Å²) >= 11 is 0. The van der Waals surface area contributed by atoms with Gasteiger partial charge in [-0.1, -0.05) is 42.5 Å². The van der Waals surface area contributed by atoms with E-state index in [4.69, 9.17) is 4.74 Å². The zero-order valence-corrected chi connectivity index (χ0v) is 16.5. The molecule has 0 N–H and O–H groups in total. The second-order valence-corrected chi connectivity index (χ2v) is 7.13. The summed E-state index contributed by atoms with van der Waals surface area (Å²) in [7, 11) is 0. The van der Waals surface area contributed by atoms with E-state index in [0.717, 1.165) is 32.7 Å². The number of para-hydroxylation sites is 1. The van der Waals surface area contributed by atoms with Crippen LogP contribution >= 0.6 is 0 Å². The van der Waals surface area contributed by atoms with Gasteiger partial charge in [0.25, 0.3) is 0 Å². The molecule has 150 valence electrons. The molecule has 5 nitrogen and oxygen atoms in total. The fourth-order valence-corrected chi connectivity index (χ4v) is 3.84. The van der Waals surface area contributed by atoms with Crippen LogP contribution in [0.5, 0.6) is 0 Å². The quantitative estimate of drug-likeness (QED) is 0.616. The van der Waals surface area contributed by atoms with Gasteiger partial charge in [-0.25, -0.2) is 9.18 Å². The van der Waals surface area contributed by atoms with Crippen molar-refractivity contribution < 1.29 is 13.9 Å². The van der Waals surface area contributed by atoms with E-state index in [0.29, 0.717) is 16.6 Å². The Kier molecular flexibility index (Phi) is 5.71. The van der Waals surface area contributed by atoms with E-state index in [-0.39, 0.29) is 17.9 Å². The lowest BCUT2D eigenvalue weighted by molar-refractivity contribution is 0.0526. The van der Waals surface area contributed by atoms with Gasteiger partial charge in [0, 0.05) is 44.3 Å². The third kappa shape index (κ3) is 4.07. The van der Waals surface area contributed by atoms with E-state index in [9.17, 15) is 9.18 Å². The summed E-state index contributed by atoms with van der Waals surface area (Å²) in [6.07, 6.45) is 1.44. The minimum Gasteiger partial charge on any atom is -0.462 e. The second-order valence-electron chi connectivity index (χ2n) is 7.13. The van der Waals surface area contributed by atoms with E-state index in [2.05, 4.69) is 39.0 Å². The Morgan fingerprint density at radius 2 is 1.83 bits per heavy atom. The highest BCUT2D eigenvalue weighted by molar-refractivity contribution is 6.05. The molecule has 2 aromatic carbocycles. The van der Waals surface area contributed by atoms with Crippen molar-refractivity contribution in [2.75, 3.05) is 37.7 Å². The van der Waals surface area contributed by atoms with Crippen molar-refractivity contribution in [3.05, 3.63) is 71.7 Å². The molecule has 1 aromatic heterocycles. The van der Waals surface area contributed by atoms with Crippen molar-refractivity contribution in [1.29, 1.82) is 0 Å². The molecule has 6 heteroatoms. The molecule has 29 heavy (non-hydrogen) atoms. The number of anilines is 1. The van der Waals surface area contributed by atoms with Gasteiger partial charge in [0.05, 0.1) is 12.3 Å². The van der Waals surface area contributed by atoms with Gasteiger partial charge in [-0.2, -0.15) is 0 Å². The van der Waals surface area contributed by atoms with Crippen molar-refractivity contribution in [2.24, 2.45) is 0 Å². The van der Waals surface area contributed by atoms with Crippen LogP contribution in [0, 0.1) is 5.82 Å². The predicted molar refractivity (Wildman–Crippen MR) is 112 cm³/mol. The van der Waals surface area contributed by atoms with Crippen LogP contribution in [0.15, 0.2) is 54.7 Å². The van der Waals surface area contributed by atoms with Crippen LogP contribution in [-0.2, 0) is 11.3 Å². The molecule has 0 spiro atoms. The molecule has 1 aliphatic rings. The third-order valence-electron chi connectivity index (χ3n) is 5.25. The summed E-state index contributed by atoms with van der Waals surface area (Å²) in [5.41, 5.74) is 2.67. The van der Waals surface area contributed by atoms with Crippen LogP contribution < -0.4 is 4.90 Å². The van der Waals surface area contributed by atoms with E-state index in [1.54, 1.807) is 13.0 Å². The average molecular weight is 393 g/mol. The number of esters is 1. The molecule has 0 amide bonds. The van der Waals surface area contributed by atoms with Crippen LogP contribution in [0.25, 0.3) is 10.9 Å². The molecule has 0 unspecified atom stereocenters. The topological polar surface area (TPSA) is 45.7 Å². The first kappa shape index (κ1) is 19.3. The summed E-state index contributed by atoms with van der Waals surface area (Å²) < 4.78 is 19.5. The molecule has 2 heterocycles. The van der Waals surface area contributed by atoms with Crippen LogP contribution in [0.1, 0.15) is 22.8 Å². The summed E-state index contributed by atoms with van der Waals surface area (Å²) in [5, 5.41) is 0.645. The summed E-state index contributed by atoms with van der Waals surface area (Å²) in [6, 6.07) is 15.2. The lowest BCUT2D eigenvalue weighted by Gasteiger charge is -2.37. The fourth-order valence-electron chi connectivity index (χ4n) is 3.84. The normalized spacial score (nSPS) is 14.9. The highest BCUT2D eigenvalue weighted by atomic mass is 19.1. The Morgan fingerprint density at radius 1 is 1.07 bits per heavy atom. The van der Waals surface area contributed by atoms with Gasteiger partial charge in [-0.05, 0) is 18.6 Å². The van der Waals surface area contributed by atoms with Crippen molar-refractivity contribution in [3.8, 4) is 0 Å². The Morgan fingerprint density at radius 3 is 2.55 bits per heavy atom. The molecule has 3 aromatic rings. The SMILES string of the molecule is CCOC(=O)c1cnc2c(F)cccc2c1N1CCN(Cc2ccccc2)CC1. The molecule has 0 bridgehead atoms. The number of aromatic nitrogens is 1. The van der Waals surface area contributed by atoms with Crippen molar-refractivity contribution in [2.45, 2.75) is 13.5 Å². The summed E-state index contributed by atoms with van der Waals surface area (Å²) in [4.78, 5) is 21.3. The molecule has 0 saturated carbocycles. The van der Waals surface area contributed by atoms with Gasteiger partial charge in [-0.15, -0.1) is 0 Å². The number of nitrogens with zero attached hydrogens (tertiary/aromatic N) is 3. The Balaban J connectivity index is 1.62. The highest BCUT2D eigenvalue weighted by Crippen LogP contribution is 2.32. The summed E-state index contributed by atoms with van der Waals surface area (Å²) in [5.74, 6) is -0.810. The number of ether oxygens (including phenoxy) is 1. The number of fused-ring (bicyclic) bond motifs is 1. The van der Waals surface area contributed by atoms with Gasteiger partial charge < -0.3 is 9.64 Å². The molecule has 4 rings (SSSR count). The maximum absolute atomic E-state index is 14.3. The van der Waals surface area contributed by atoms with Gasteiger partial charge in [0.1, 0.15) is 16.9 Å². The minimum absolute atomic E-state index is 0.280. The van der Waals surface area contributed by atoms with E-state index >= 15 is 0 Å². The monoisotopic (exact) mass is 393 g/mol. The smallest absolute Gasteiger partial charge is 0.341 e. The van der Waals surface area contributed by atoms with Crippen molar-refractivity contribution in [1.82, 2.24) is 9.88 Å². The van der Waals surface area contributed by atoms with Crippen molar-refractivity contribution >= 4 is 22.6 Å². The number of halogens is 1. The number of pyridine rings is 1. The first-order valence-electron chi connectivity index (χ1n) is 9.93. The van der Waals surface area contributed by atoms with Crippen LogP contribution in [0.3, 0.4) is 0 Å². The Hall–Kier alpha value is -2.99. The number of hydrogen-bond acceptors (Lipinski definition) is 5. The molecular weight excluding hydrogens is 369 g/mol. The Bertz CT molecular complexity index is 1000. The fraction of sp³-hybridized carbons (Fsp3) is 0.304. The van der Waals surface area contributed by atoms with Gasteiger partial charge >= 0.3 is 5.97 Å². The largest absolute Gasteiger partial charge is 0.462 e. The standard InChI is InChI=1S/C23H24FN3O2/c1-2-29-23(28)19-15-25-21-18(9-6-10-20(21)24)22(19)27-13-11-26(12-14-27)16-17-7-4-3-5-8-17/h3-10,15H,2,11-14,16H2,1H3. The predicted octanol–water partition coefficient (Wildman–Crippen LogP) is 3.87. The van der Waals surface area contributed by atoms with Gasteiger partial charge in [0.2, 0.25) is 0 Å². The molecule has 1 aliphatic heterocycles. The number of hydrogen-bond donors (Lipinski definition) is 0. The number of benzene rings is 2. The average Bonchev–Trinajstić information content (AvgIpc) is 2.75. The third-order valence-corrected chi connectivity index (χ3v) is 5.25. The number of carbonyl (C=O) groups excluding carboxylic acids is 1. The van der Waals surface area contributed by atoms with Crippen LogP contribution in [-0.4, -0.2) is 48.6 Å². The molecule has 1 fully saturated rings. The first-order valence-corrected chi connectivity index (χ1v) is 9.93. The minimum atomic E-state index is -0.423. The first-order chi connectivity index (χ1) is 14.2. The zero-order valence-electron chi connectivity index (χ0n) is 16.5.